The number of piperidine rings is 1. The van der Waals surface area contributed by atoms with Gasteiger partial charge < -0.3 is 15.7 Å². The monoisotopic (exact) mass is 360 g/mol. The molecule has 2 heterocycles. The van der Waals surface area contributed by atoms with Crippen molar-refractivity contribution < 1.29 is 5.11 Å². The summed E-state index contributed by atoms with van der Waals surface area (Å²) < 4.78 is 0. The quantitative estimate of drug-likeness (QED) is 0.746. The number of benzene rings is 2. The molecule has 5 heteroatoms. The lowest BCUT2D eigenvalue weighted by Crippen LogP contribution is -2.46. The number of para-hydroxylation sites is 1. The molecule has 1 aromatic heterocycles. The van der Waals surface area contributed by atoms with Gasteiger partial charge in [0, 0.05) is 30.6 Å². The van der Waals surface area contributed by atoms with Crippen molar-refractivity contribution in [3.63, 3.8) is 0 Å². The Bertz CT molecular complexity index is 905. The number of nitrogens with two attached hydrogens (primary N) is 1. The largest absolute Gasteiger partial charge is 0.507 e. The molecule has 3 N–H and O–H groups in total. The minimum absolute atomic E-state index is 0.0404. The van der Waals surface area contributed by atoms with Crippen molar-refractivity contribution in [1.82, 2.24) is 10.2 Å². The maximum absolute atomic E-state index is 10.1. The average molecular weight is 360 g/mol. The standard InChI is InChI=1S/C22H24N4O/c23-16-22(17-6-2-1-3-7-17)10-12-26(13-11-22)18-14-20(25-24-15-18)19-8-4-5-9-21(19)27/h1-9,14-15,27H,10-13,16,23H2. The predicted molar refractivity (Wildman–Crippen MR) is 108 cm³/mol. The van der Waals surface area contributed by atoms with E-state index in [1.807, 2.05) is 24.3 Å². The molecule has 0 saturated carbocycles. The van der Waals surface area contributed by atoms with Gasteiger partial charge in [-0.15, -0.1) is 0 Å². The molecule has 5 nitrogen and oxygen atoms in total. The highest BCUT2D eigenvalue weighted by molar-refractivity contribution is 5.69. The van der Waals surface area contributed by atoms with E-state index in [1.54, 1.807) is 18.3 Å². The van der Waals surface area contributed by atoms with Gasteiger partial charge in [0.2, 0.25) is 0 Å². The fourth-order valence-corrected chi connectivity index (χ4v) is 3.95. The minimum atomic E-state index is 0.0404. The normalized spacial score (nSPS) is 16.3. The van der Waals surface area contributed by atoms with Gasteiger partial charge in [0.15, 0.2) is 0 Å². The third kappa shape index (κ3) is 3.38. The van der Waals surface area contributed by atoms with Gasteiger partial charge in [0.05, 0.1) is 17.6 Å². The van der Waals surface area contributed by atoms with Gasteiger partial charge >= 0.3 is 0 Å². The average Bonchev–Trinajstić information content (AvgIpc) is 2.75. The van der Waals surface area contributed by atoms with Crippen LogP contribution in [0.15, 0.2) is 66.9 Å². The number of nitrogens with zero attached hydrogens (tertiary/aromatic N) is 3. The first-order valence-corrected chi connectivity index (χ1v) is 9.33. The second-order valence-corrected chi connectivity index (χ2v) is 7.15. The smallest absolute Gasteiger partial charge is 0.125 e. The zero-order valence-corrected chi connectivity index (χ0v) is 15.3. The summed E-state index contributed by atoms with van der Waals surface area (Å²) in [4.78, 5) is 2.33. The Hall–Kier alpha value is -2.92. The summed E-state index contributed by atoms with van der Waals surface area (Å²) in [6.45, 7) is 2.48. The van der Waals surface area contributed by atoms with Gasteiger partial charge in [-0.25, -0.2) is 0 Å². The Balaban J connectivity index is 1.55. The number of hydrogen-bond acceptors (Lipinski definition) is 5. The van der Waals surface area contributed by atoms with E-state index in [4.69, 9.17) is 5.73 Å². The van der Waals surface area contributed by atoms with Crippen molar-refractivity contribution in [2.24, 2.45) is 5.73 Å². The van der Waals surface area contributed by atoms with E-state index in [0.717, 1.165) is 31.6 Å². The minimum Gasteiger partial charge on any atom is -0.507 e. The van der Waals surface area contributed by atoms with E-state index < -0.39 is 0 Å². The van der Waals surface area contributed by atoms with E-state index >= 15 is 0 Å². The molecule has 0 bridgehead atoms. The fourth-order valence-electron chi connectivity index (χ4n) is 3.95. The molecule has 138 valence electrons. The number of anilines is 1. The lowest BCUT2D eigenvalue weighted by Gasteiger charge is -2.42. The number of aromatic nitrogens is 2. The highest BCUT2D eigenvalue weighted by Gasteiger charge is 2.35. The molecule has 0 aliphatic carbocycles. The van der Waals surface area contributed by atoms with Crippen LogP contribution in [-0.2, 0) is 5.41 Å². The first kappa shape index (κ1) is 17.5. The summed E-state index contributed by atoms with van der Waals surface area (Å²) in [5.74, 6) is 0.217. The van der Waals surface area contributed by atoms with Gasteiger partial charge in [-0.2, -0.15) is 10.2 Å². The molecule has 4 rings (SSSR count). The van der Waals surface area contributed by atoms with Crippen molar-refractivity contribution >= 4 is 5.69 Å². The molecule has 3 aromatic rings. The molecular formula is C22H24N4O. The van der Waals surface area contributed by atoms with Crippen molar-refractivity contribution in [2.45, 2.75) is 18.3 Å². The van der Waals surface area contributed by atoms with Crippen molar-refractivity contribution in [1.29, 1.82) is 0 Å². The molecule has 2 aromatic carbocycles. The summed E-state index contributed by atoms with van der Waals surface area (Å²) in [6.07, 6.45) is 3.80. The molecule has 27 heavy (non-hydrogen) atoms. The molecule has 1 aliphatic rings. The number of aromatic hydroxyl groups is 1. The lowest BCUT2D eigenvalue weighted by atomic mass is 9.73. The predicted octanol–water partition coefficient (Wildman–Crippen LogP) is 3.35. The van der Waals surface area contributed by atoms with E-state index in [-0.39, 0.29) is 11.2 Å². The van der Waals surface area contributed by atoms with Crippen LogP contribution in [0.3, 0.4) is 0 Å². The van der Waals surface area contributed by atoms with Crippen LogP contribution in [0.25, 0.3) is 11.3 Å². The topological polar surface area (TPSA) is 75.3 Å². The maximum Gasteiger partial charge on any atom is 0.125 e. The van der Waals surface area contributed by atoms with Crippen LogP contribution in [0.2, 0.25) is 0 Å². The second kappa shape index (κ2) is 7.37. The number of rotatable bonds is 4. The molecule has 1 fully saturated rings. The van der Waals surface area contributed by atoms with Crippen molar-refractivity contribution in [3.8, 4) is 17.0 Å². The molecule has 0 unspecified atom stereocenters. The zero-order valence-electron chi connectivity index (χ0n) is 15.3. The van der Waals surface area contributed by atoms with Gasteiger partial charge in [-0.1, -0.05) is 42.5 Å². The third-order valence-electron chi connectivity index (χ3n) is 5.68. The molecule has 1 aliphatic heterocycles. The van der Waals surface area contributed by atoms with Crippen LogP contribution in [0, 0.1) is 0 Å². The molecule has 0 radical (unpaired) electrons. The Morgan fingerprint density at radius 2 is 1.70 bits per heavy atom. The number of phenols is 1. The first-order chi connectivity index (χ1) is 13.2. The van der Waals surface area contributed by atoms with Gasteiger partial charge in [-0.05, 0) is 36.6 Å². The van der Waals surface area contributed by atoms with E-state index in [2.05, 4.69) is 39.4 Å². The van der Waals surface area contributed by atoms with Crippen LogP contribution < -0.4 is 10.6 Å². The molecule has 0 atom stereocenters. The summed E-state index contributed by atoms with van der Waals surface area (Å²) in [5, 5.41) is 18.5. The lowest BCUT2D eigenvalue weighted by molar-refractivity contribution is 0.340. The fraction of sp³-hybridized carbons (Fsp3) is 0.273. The Morgan fingerprint density at radius 3 is 2.41 bits per heavy atom. The van der Waals surface area contributed by atoms with Crippen molar-refractivity contribution in [2.75, 3.05) is 24.5 Å². The molecule has 1 saturated heterocycles. The zero-order chi connectivity index (χ0) is 18.7. The van der Waals surface area contributed by atoms with E-state index in [9.17, 15) is 5.11 Å². The third-order valence-corrected chi connectivity index (χ3v) is 5.68. The summed E-state index contributed by atoms with van der Waals surface area (Å²) >= 11 is 0. The Kier molecular flexibility index (Phi) is 4.77. The SMILES string of the molecule is NCC1(c2ccccc2)CCN(c2cnnc(-c3ccccc3O)c2)CC1. The van der Waals surface area contributed by atoms with Gasteiger partial charge in [-0.3, -0.25) is 0 Å². The van der Waals surface area contributed by atoms with Crippen molar-refractivity contribution in [3.05, 3.63) is 72.4 Å². The molecule has 0 amide bonds. The van der Waals surface area contributed by atoms with Gasteiger partial charge in [0.25, 0.3) is 0 Å². The molecular weight excluding hydrogens is 336 g/mol. The number of hydrogen-bond donors (Lipinski definition) is 2. The van der Waals surface area contributed by atoms with E-state index in [0.29, 0.717) is 17.8 Å². The van der Waals surface area contributed by atoms with Crippen LogP contribution >= 0.6 is 0 Å². The first-order valence-electron chi connectivity index (χ1n) is 9.33. The second-order valence-electron chi connectivity index (χ2n) is 7.15. The summed E-state index contributed by atoms with van der Waals surface area (Å²) in [6, 6.07) is 19.8. The van der Waals surface area contributed by atoms with E-state index in [1.165, 1.54) is 5.56 Å². The molecule has 0 spiro atoms. The number of phenolic OH excluding ortho intramolecular Hbond substituents is 1. The van der Waals surface area contributed by atoms with Gasteiger partial charge in [0.1, 0.15) is 5.75 Å². The van der Waals surface area contributed by atoms with Crippen LogP contribution in [0.4, 0.5) is 5.69 Å². The maximum atomic E-state index is 10.1. The highest BCUT2D eigenvalue weighted by atomic mass is 16.3. The van der Waals surface area contributed by atoms with Crippen LogP contribution in [0.5, 0.6) is 5.75 Å². The Morgan fingerprint density at radius 1 is 1.00 bits per heavy atom. The highest BCUT2D eigenvalue weighted by Crippen LogP contribution is 2.36. The summed E-state index contributed by atoms with van der Waals surface area (Å²) in [7, 11) is 0. The van der Waals surface area contributed by atoms with Crippen LogP contribution in [0.1, 0.15) is 18.4 Å². The Labute approximate surface area is 159 Å². The summed E-state index contributed by atoms with van der Waals surface area (Å²) in [5.41, 5.74) is 9.98. The van der Waals surface area contributed by atoms with Crippen LogP contribution in [-0.4, -0.2) is 34.9 Å².